The molecule has 1 amide bonds. The molecule has 2 fully saturated rings. The highest BCUT2D eigenvalue weighted by atomic mass is 16.5. The third kappa shape index (κ3) is 2.70. The lowest BCUT2D eigenvalue weighted by atomic mass is 9.67. The quantitative estimate of drug-likeness (QED) is 0.614. The number of nitrogens with one attached hydrogen (secondary N) is 1. The number of carbonyl (C=O) groups is 2. The minimum atomic E-state index is -0.562. The van der Waals surface area contributed by atoms with Gasteiger partial charge in [-0.25, -0.2) is 4.79 Å². The van der Waals surface area contributed by atoms with Crippen molar-refractivity contribution in [1.29, 1.82) is 0 Å². The first-order chi connectivity index (χ1) is 13.6. The number of benzene rings is 1. The fourth-order valence-corrected chi connectivity index (χ4v) is 5.70. The number of nitrogens with zero attached hydrogens (tertiary/aromatic N) is 1. The topological polar surface area (TPSA) is 78.9 Å². The van der Waals surface area contributed by atoms with Crippen LogP contribution in [0.1, 0.15) is 31.7 Å². The highest BCUT2D eigenvalue weighted by Gasteiger charge is 2.60. The zero-order chi connectivity index (χ0) is 19.9. The molecule has 0 aliphatic carbocycles. The van der Waals surface area contributed by atoms with E-state index in [0.29, 0.717) is 17.9 Å². The van der Waals surface area contributed by atoms with E-state index in [2.05, 4.69) is 23.2 Å². The summed E-state index contributed by atoms with van der Waals surface area (Å²) in [6.07, 6.45) is 4.02. The van der Waals surface area contributed by atoms with Gasteiger partial charge in [-0.1, -0.05) is 31.5 Å². The van der Waals surface area contributed by atoms with Crippen molar-refractivity contribution in [2.45, 2.75) is 37.6 Å². The van der Waals surface area contributed by atoms with Gasteiger partial charge in [0.05, 0.1) is 19.1 Å². The normalized spacial score (nSPS) is 32.2. The van der Waals surface area contributed by atoms with Gasteiger partial charge in [0.15, 0.2) is 0 Å². The minimum Gasteiger partial charge on any atom is -0.466 e. The van der Waals surface area contributed by atoms with Gasteiger partial charge >= 0.3 is 5.97 Å². The number of rotatable bonds is 4. The number of anilines is 1. The average molecular weight is 384 g/mol. The molecule has 1 aromatic rings. The van der Waals surface area contributed by atoms with E-state index < -0.39 is 5.41 Å². The summed E-state index contributed by atoms with van der Waals surface area (Å²) in [6, 6.07) is 8.00. The van der Waals surface area contributed by atoms with Crippen LogP contribution in [0.15, 0.2) is 35.9 Å². The Morgan fingerprint density at radius 2 is 2.21 bits per heavy atom. The molecule has 0 aromatic heterocycles. The molecule has 3 aliphatic rings. The average Bonchev–Trinajstić information content (AvgIpc) is 3.23. The molecule has 2 N–H and O–H groups in total. The van der Waals surface area contributed by atoms with Crippen molar-refractivity contribution in [3.63, 3.8) is 0 Å². The van der Waals surface area contributed by atoms with Crippen LogP contribution in [0.3, 0.4) is 0 Å². The molecule has 4 rings (SSSR count). The van der Waals surface area contributed by atoms with E-state index in [1.54, 1.807) is 6.08 Å². The number of methoxy groups -OCH3 is 1. The van der Waals surface area contributed by atoms with Gasteiger partial charge in [0.2, 0.25) is 5.91 Å². The summed E-state index contributed by atoms with van der Waals surface area (Å²) in [6.45, 7) is 3.67. The van der Waals surface area contributed by atoms with Crippen molar-refractivity contribution < 1.29 is 19.4 Å². The lowest BCUT2D eigenvalue weighted by Crippen LogP contribution is -2.53. The van der Waals surface area contributed by atoms with E-state index in [4.69, 9.17) is 4.74 Å². The van der Waals surface area contributed by atoms with Crippen molar-refractivity contribution in [2.24, 2.45) is 11.8 Å². The Hall–Kier alpha value is -2.18. The van der Waals surface area contributed by atoms with Crippen LogP contribution in [0.5, 0.6) is 0 Å². The number of fused-ring (bicyclic) bond motifs is 4. The number of amides is 1. The van der Waals surface area contributed by atoms with Gasteiger partial charge in [0, 0.05) is 23.8 Å². The zero-order valence-corrected chi connectivity index (χ0v) is 16.5. The molecular weight excluding hydrogens is 356 g/mol. The van der Waals surface area contributed by atoms with Crippen molar-refractivity contribution >= 4 is 17.6 Å². The van der Waals surface area contributed by atoms with E-state index in [1.165, 1.54) is 7.11 Å². The van der Waals surface area contributed by atoms with E-state index in [1.807, 2.05) is 18.2 Å². The first kappa shape index (κ1) is 19.2. The fraction of sp³-hybridized carbons (Fsp3) is 0.545. The molecule has 0 radical (unpaired) electrons. The number of hydrogen-bond acceptors (Lipinski definition) is 5. The predicted octanol–water partition coefficient (Wildman–Crippen LogP) is 2.09. The van der Waals surface area contributed by atoms with Crippen LogP contribution in [0.4, 0.5) is 5.69 Å². The fourth-order valence-electron chi connectivity index (χ4n) is 5.70. The number of aliphatic hydroxyl groups excluding tert-OH is 1. The van der Waals surface area contributed by atoms with Gasteiger partial charge in [-0.05, 0) is 48.9 Å². The minimum absolute atomic E-state index is 0.0265. The Morgan fingerprint density at radius 3 is 2.93 bits per heavy atom. The summed E-state index contributed by atoms with van der Waals surface area (Å²) in [5.74, 6) is -0.0423. The van der Waals surface area contributed by atoms with Crippen LogP contribution < -0.4 is 5.32 Å². The molecule has 4 atom stereocenters. The van der Waals surface area contributed by atoms with Crippen LogP contribution in [-0.4, -0.2) is 54.7 Å². The maximum Gasteiger partial charge on any atom is 0.333 e. The maximum atomic E-state index is 13.2. The number of hydrogen-bond donors (Lipinski definition) is 2. The summed E-state index contributed by atoms with van der Waals surface area (Å²) in [5.41, 5.74) is 1.97. The first-order valence-corrected chi connectivity index (χ1v) is 10.1. The second-order valence-corrected chi connectivity index (χ2v) is 8.08. The molecule has 3 aliphatic heterocycles. The molecule has 2 saturated heterocycles. The monoisotopic (exact) mass is 384 g/mol. The SMILES string of the molecule is CC[C@@H]1CN2CCC3(C(=O)Nc4ccccc43)C2C[C@H]1/C(=C\CO)C(=O)OC. The van der Waals surface area contributed by atoms with Crippen molar-refractivity contribution in [3.05, 3.63) is 41.5 Å². The van der Waals surface area contributed by atoms with Gasteiger partial charge < -0.3 is 15.2 Å². The lowest BCUT2D eigenvalue weighted by molar-refractivity contribution is -0.137. The van der Waals surface area contributed by atoms with Crippen molar-refractivity contribution in [1.82, 2.24) is 4.90 Å². The van der Waals surface area contributed by atoms with E-state index in [9.17, 15) is 14.7 Å². The summed E-state index contributed by atoms with van der Waals surface area (Å²) in [4.78, 5) is 28.0. The van der Waals surface area contributed by atoms with Crippen LogP contribution in [0.25, 0.3) is 0 Å². The van der Waals surface area contributed by atoms with E-state index in [-0.39, 0.29) is 30.4 Å². The number of para-hydroxylation sites is 1. The van der Waals surface area contributed by atoms with Gasteiger partial charge in [0.25, 0.3) is 0 Å². The third-order valence-corrected chi connectivity index (χ3v) is 7.04. The van der Waals surface area contributed by atoms with Gasteiger partial charge in [-0.15, -0.1) is 0 Å². The van der Waals surface area contributed by atoms with Crippen LogP contribution in [-0.2, 0) is 19.7 Å². The Labute approximate surface area is 165 Å². The lowest BCUT2D eigenvalue weighted by Gasteiger charge is -2.45. The predicted molar refractivity (Wildman–Crippen MR) is 106 cm³/mol. The van der Waals surface area contributed by atoms with Crippen molar-refractivity contribution in [3.8, 4) is 0 Å². The second-order valence-electron chi connectivity index (χ2n) is 8.08. The summed E-state index contributed by atoms with van der Waals surface area (Å²) in [5, 5.41) is 12.6. The molecule has 1 aromatic carbocycles. The Morgan fingerprint density at radius 1 is 1.43 bits per heavy atom. The molecule has 6 heteroatoms. The Bertz CT molecular complexity index is 821. The molecule has 3 heterocycles. The van der Waals surface area contributed by atoms with Gasteiger partial charge in [0.1, 0.15) is 0 Å². The molecule has 1 spiro atoms. The summed E-state index contributed by atoms with van der Waals surface area (Å²) < 4.78 is 5.01. The number of piperidine rings is 1. The van der Waals surface area contributed by atoms with Gasteiger partial charge in [-0.2, -0.15) is 0 Å². The van der Waals surface area contributed by atoms with Gasteiger partial charge in [-0.3, -0.25) is 9.69 Å². The van der Waals surface area contributed by atoms with E-state index in [0.717, 1.165) is 37.2 Å². The highest BCUT2D eigenvalue weighted by molar-refractivity contribution is 6.07. The number of esters is 1. The smallest absolute Gasteiger partial charge is 0.333 e. The number of ether oxygens (including phenoxy) is 1. The number of carbonyl (C=O) groups excluding carboxylic acids is 2. The summed E-state index contributed by atoms with van der Waals surface area (Å²) >= 11 is 0. The second kappa shape index (κ2) is 7.33. The molecular formula is C22H28N2O4. The molecule has 28 heavy (non-hydrogen) atoms. The standard InChI is InChI=1S/C22H28N2O4/c1-3-14-13-24-10-9-22(17-6-4-5-7-18(17)23-21(22)27)19(24)12-16(14)15(8-11-25)20(26)28-2/h4-8,14,16,19,25H,3,9-13H2,1-2H3,(H,23,27)/b15-8+/t14-,16-,19?,22?/m1/s1. The molecule has 150 valence electrons. The Kier molecular flexibility index (Phi) is 5.02. The largest absolute Gasteiger partial charge is 0.466 e. The Balaban J connectivity index is 1.74. The zero-order valence-electron chi connectivity index (χ0n) is 16.5. The first-order valence-electron chi connectivity index (χ1n) is 10.1. The van der Waals surface area contributed by atoms with Crippen LogP contribution in [0.2, 0.25) is 0 Å². The van der Waals surface area contributed by atoms with Crippen LogP contribution >= 0.6 is 0 Å². The highest BCUT2D eigenvalue weighted by Crippen LogP contribution is 2.53. The summed E-state index contributed by atoms with van der Waals surface area (Å²) in [7, 11) is 1.38. The van der Waals surface area contributed by atoms with Crippen molar-refractivity contribution in [2.75, 3.05) is 32.1 Å². The van der Waals surface area contributed by atoms with E-state index >= 15 is 0 Å². The number of aliphatic hydroxyl groups is 1. The maximum absolute atomic E-state index is 13.2. The third-order valence-electron chi connectivity index (χ3n) is 7.04. The molecule has 2 unspecified atom stereocenters. The molecule has 0 saturated carbocycles. The molecule has 6 nitrogen and oxygen atoms in total. The van der Waals surface area contributed by atoms with Crippen LogP contribution in [0, 0.1) is 11.8 Å². The molecule has 0 bridgehead atoms.